The Morgan fingerprint density at radius 2 is 1.86 bits per heavy atom. The molecule has 1 heterocycles. The molecule has 1 aliphatic heterocycles. The van der Waals surface area contributed by atoms with Crippen molar-refractivity contribution in [3.05, 3.63) is 64.7 Å². The average Bonchev–Trinajstić information content (AvgIpc) is 2.66. The van der Waals surface area contributed by atoms with E-state index in [1.807, 2.05) is 32.0 Å². The normalized spacial score (nSPS) is 13.1. The second-order valence-corrected chi connectivity index (χ2v) is 6.65. The minimum absolute atomic E-state index is 0.0440. The average molecular weight is 380 g/mol. The largest absolute Gasteiger partial charge is 0.454 e. The molecule has 28 heavy (non-hydrogen) atoms. The van der Waals surface area contributed by atoms with Crippen molar-refractivity contribution < 1.29 is 23.9 Å². The van der Waals surface area contributed by atoms with Crippen molar-refractivity contribution in [3.63, 3.8) is 0 Å². The molecule has 0 spiro atoms. The van der Waals surface area contributed by atoms with Gasteiger partial charge in [-0.2, -0.15) is 0 Å². The first-order valence-electron chi connectivity index (χ1n) is 8.80. The van der Waals surface area contributed by atoms with Gasteiger partial charge in [0.25, 0.3) is 11.8 Å². The third-order valence-electron chi connectivity index (χ3n) is 4.45. The molecule has 0 aromatic heterocycles. The number of amides is 3. The van der Waals surface area contributed by atoms with E-state index >= 15 is 0 Å². The number of imide groups is 1. The fourth-order valence-electron chi connectivity index (χ4n) is 2.94. The summed E-state index contributed by atoms with van der Waals surface area (Å²) >= 11 is 0. The molecule has 0 bridgehead atoms. The predicted octanol–water partition coefficient (Wildman–Crippen LogP) is 2.01. The molecule has 0 aliphatic carbocycles. The molecule has 0 radical (unpaired) electrons. The van der Waals surface area contributed by atoms with Crippen LogP contribution in [0.5, 0.6) is 0 Å². The molecule has 0 atom stereocenters. The van der Waals surface area contributed by atoms with Gasteiger partial charge in [0.15, 0.2) is 6.61 Å². The number of hydrogen-bond acceptors (Lipinski definition) is 5. The number of carbonyl (C=O) groups is 4. The molecular formula is C21H20N2O5. The van der Waals surface area contributed by atoms with E-state index in [2.05, 4.69) is 5.32 Å². The molecule has 0 unspecified atom stereocenters. The van der Waals surface area contributed by atoms with Crippen LogP contribution in [-0.2, 0) is 25.5 Å². The van der Waals surface area contributed by atoms with Crippen molar-refractivity contribution in [2.24, 2.45) is 0 Å². The van der Waals surface area contributed by atoms with Gasteiger partial charge < -0.3 is 10.1 Å². The summed E-state index contributed by atoms with van der Waals surface area (Å²) in [5, 5.41) is 2.68. The maximum atomic E-state index is 12.4. The van der Waals surface area contributed by atoms with Gasteiger partial charge in [0.1, 0.15) is 6.54 Å². The monoisotopic (exact) mass is 380 g/mol. The smallest absolute Gasteiger partial charge is 0.326 e. The number of aryl methyl sites for hydroxylation is 2. The van der Waals surface area contributed by atoms with Crippen LogP contribution in [0.15, 0.2) is 42.5 Å². The van der Waals surface area contributed by atoms with Gasteiger partial charge in [0.05, 0.1) is 6.42 Å². The number of hydrogen-bond donors (Lipinski definition) is 1. The first-order chi connectivity index (χ1) is 13.3. The van der Waals surface area contributed by atoms with Gasteiger partial charge in [0.2, 0.25) is 5.91 Å². The van der Waals surface area contributed by atoms with Gasteiger partial charge in [-0.3, -0.25) is 24.1 Å². The van der Waals surface area contributed by atoms with E-state index in [1.165, 1.54) is 0 Å². The fourth-order valence-corrected chi connectivity index (χ4v) is 2.94. The summed E-state index contributed by atoms with van der Waals surface area (Å²) in [7, 11) is 0. The standard InChI is InChI=1S/C21H20N2O5/c1-13-7-8-14(2)17(9-13)22-18(24)12-28-20(26)11-23-19(25)10-15-5-3-4-6-16(15)21(23)27/h3-9H,10-12H2,1-2H3,(H,22,24). The van der Waals surface area contributed by atoms with E-state index in [1.54, 1.807) is 24.3 Å². The van der Waals surface area contributed by atoms with Gasteiger partial charge >= 0.3 is 5.97 Å². The minimum atomic E-state index is -0.822. The zero-order valence-electron chi connectivity index (χ0n) is 15.7. The quantitative estimate of drug-likeness (QED) is 0.633. The number of fused-ring (bicyclic) bond motifs is 1. The Balaban J connectivity index is 1.56. The Kier molecular flexibility index (Phi) is 5.54. The summed E-state index contributed by atoms with van der Waals surface area (Å²) < 4.78 is 4.94. The maximum absolute atomic E-state index is 12.4. The van der Waals surface area contributed by atoms with E-state index in [9.17, 15) is 19.2 Å². The van der Waals surface area contributed by atoms with Crippen LogP contribution < -0.4 is 5.32 Å². The Labute approximate surface area is 162 Å². The molecule has 144 valence electrons. The SMILES string of the molecule is Cc1ccc(C)c(NC(=O)COC(=O)CN2C(=O)Cc3ccccc3C2=O)c1. The van der Waals surface area contributed by atoms with Crippen LogP contribution in [0.2, 0.25) is 0 Å². The number of rotatable bonds is 5. The van der Waals surface area contributed by atoms with Crippen molar-refractivity contribution in [2.45, 2.75) is 20.3 Å². The highest BCUT2D eigenvalue weighted by Gasteiger charge is 2.32. The van der Waals surface area contributed by atoms with Crippen molar-refractivity contribution in [1.29, 1.82) is 0 Å². The number of nitrogens with zero attached hydrogens (tertiary/aromatic N) is 1. The van der Waals surface area contributed by atoms with Gasteiger partial charge in [0, 0.05) is 11.3 Å². The summed E-state index contributed by atoms with van der Waals surface area (Å²) in [6.45, 7) is 2.73. The molecular weight excluding hydrogens is 360 g/mol. The number of carbonyl (C=O) groups excluding carboxylic acids is 4. The van der Waals surface area contributed by atoms with Crippen LogP contribution in [0, 0.1) is 13.8 Å². The lowest BCUT2D eigenvalue weighted by Crippen LogP contribution is -2.45. The van der Waals surface area contributed by atoms with Crippen LogP contribution in [-0.4, -0.2) is 41.7 Å². The Bertz CT molecular complexity index is 967. The zero-order valence-corrected chi connectivity index (χ0v) is 15.7. The second kappa shape index (κ2) is 8.04. The summed E-state index contributed by atoms with van der Waals surface area (Å²) in [5.41, 5.74) is 3.53. The first kappa shape index (κ1) is 19.3. The molecule has 0 saturated heterocycles. The summed E-state index contributed by atoms with van der Waals surface area (Å²) in [6.07, 6.45) is 0.0440. The lowest BCUT2D eigenvalue weighted by Gasteiger charge is -2.25. The molecule has 2 aromatic carbocycles. The van der Waals surface area contributed by atoms with Crippen LogP contribution in [0.25, 0.3) is 0 Å². The summed E-state index contributed by atoms with van der Waals surface area (Å²) in [4.78, 5) is 49.5. The highest BCUT2D eigenvalue weighted by atomic mass is 16.5. The predicted molar refractivity (Wildman–Crippen MR) is 102 cm³/mol. The van der Waals surface area contributed by atoms with Crippen molar-refractivity contribution in [3.8, 4) is 0 Å². The molecule has 7 heteroatoms. The maximum Gasteiger partial charge on any atom is 0.326 e. The van der Waals surface area contributed by atoms with E-state index in [-0.39, 0.29) is 6.42 Å². The molecule has 3 amide bonds. The van der Waals surface area contributed by atoms with E-state index in [0.29, 0.717) is 16.8 Å². The van der Waals surface area contributed by atoms with Gasteiger partial charge in [-0.1, -0.05) is 30.3 Å². The number of benzene rings is 2. The molecule has 3 rings (SSSR count). The third kappa shape index (κ3) is 4.25. The molecule has 0 saturated carbocycles. The number of nitrogens with one attached hydrogen (secondary N) is 1. The van der Waals surface area contributed by atoms with Gasteiger partial charge in [-0.15, -0.1) is 0 Å². The van der Waals surface area contributed by atoms with Gasteiger partial charge in [-0.25, -0.2) is 0 Å². The summed E-state index contributed by atoms with van der Waals surface area (Å²) in [6, 6.07) is 12.4. The van der Waals surface area contributed by atoms with Crippen molar-refractivity contribution in [2.75, 3.05) is 18.5 Å². The number of esters is 1. The molecule has 2 aromatic rings. The summed E-state index contributed by atoms with van der Waals surface area (Å²) in [5.74, 6) is -2.33. The zero-order chi connectivity index (χ0) is 20.3. The fraction of sp³-hybridized carbons (Fsp3) is 0.238. The molecule has 1 aliphatic rings. The highest BCUT2D eigenvalue weighted by molar-refractivity contribution is 6.11. The van der Waals surface area contributed by atoms with E-state index in [4.69, 9.17) is 4.74 Å². The highest BCUT2D eigenvalue weighted by Crippen LogP contribution is 2.19. The minimum Gasteiger partial charge on any atom is -0.454 e. The lowest BCUT2D eigenvalue weighted by atomic mass is 9.98. The number of anilines is 1. The van der Waals surface area contributed by atoms with Crippen molar-refractivity contribution in [1.82, 2.24) is 4.90 Å². The van der Waals surface area contributed by atoms with Gasteiger partial charge in [-0.05, 0) is 42.7 Å². The molecule has 0 fully saturated rings. The molecule has 1 N–H and O–H groups in total. The lowest BCUT2D eigenvalue weighted by molar-refractivity contribution is -0.150. The second-order valence-electron chi connectivity index (χ2n) is 6.65. The topological polar surface area (TPSA) is 92.8 Å². The van der Waals surface area contributed by atoms with Crippen LogP contribution >= 0.6 is 0 Å². The Morgan fingerprint density at radius 3 is 2.64 bits per heavy atom. The first-order valence-corrected chi connectivity index (χ1v) is 8.80. The Morgan fingerprint density at radius 1 is 1.11 bits per heavy atom. The molecule has 7 nitrogen and oxygen atoms in total. The number of ether oxygens (including phenoxy) is 1. The van der Waals surface area contributed by atoms with E-state index < -0.39 is 36.8 Å². The van der Waals surface area contributed by atoms with Crippen LogP contribution in [0.3, 0.4) is 0 Å². The third-order valence-corrected chi connectivity index (χ3v) is 4.45. The van der Waals surface area contributed by atoms with E-state index in [0.717, 1.165) is 16.0 Å². The van der Waals surface area contributed by atoms with Crippen LogP contribution in [0.4, 0.5) is 5.69 Å². The van der Waals surface area contributed by atoms with Crippen LogP contribution in [0.1, 0.15) is 27.0 Å². The van der Waals surface area contributed by atoms with Crippen molar-refractivity contribution >= 4 is 29.4 Å². The Hall–Kier alpha value is -3.48.